The van der Waals surface area contributed by atoms with Gasteiger partial charge in [0, 0.05) is 0 Å². The van der Waals surface area contributed by atoms with Crippen molar-refractivity contribution in [2.75, 3.05) is 5.32 Å². The fraction of sp³-hybridized carbons (Fsp3) is 0. The fourth-order valence-corrected chi connectivity index (χ4v) is 1.46. The number of hydrogen-bond acceptors (Lipinski definition) is 7. The highest BCUT2D eigenvalue weighted by molar-refractivity contribution is 7.08. The lowest BCUT2D eigenvalue weighted by atomic mass is 10.5. The van der Waals surface area contributed by atoms with Crippen LogP contribution >= 0.6 is 23.1 Å². The second-order valence-corrected chi connectivity index (χ2v) is 3.42. The van der Waals surface area contributed by atoms with Crippen LogP contribution in [0.25, 0.3) is 0 Å². The molecule has 2 aromatic heterocycles. The van der Waals surface area contributed by atoms with Gasteiger partial charge in [0.2, 0.25) is 0 Å². The van der Waals surface area contributed by atoms with Crippen LogP contribution in [-0.2, 0) is 0 Å². The van der Waals surface area contributed by atoms with E-state index in [1.165, 1.54) is 17.7 Å². The minimum Gasteiger partial charge on any atom is -0.304 e. The summed E-state index contributed by atoms with van der Waals surface area (Å²) in [5.74, 6) is 0.186. The molecule has 0 aromatic carbocycles. The van der Waals surface area contributed by atoms with Gasteiger partial charge in [-0.2, -0.15) is 0 Å². The zero-order chi connectivity index (χ0) is 9.10. The van der Waals surface area contributed by atoms with Crippen LogP contribution in [0.5, 0.6) is 0 Å². The summed E-state index contributed by atoms with van der Waals surface area (Å²) >= 11 is 2.21. The van der Waals surface area contributed by atoms with Crippen LogP contribution in [0.15, 0.2) is 11.6 Å². The summed E-state index contributed by atoms with van der Waals surface area (Å²) in [6.07, 6.45) is 1.40. The summed E-state index contributed by atoms with van der Waals surface area (Å²) in [5, 5.41) is 11.4. The Bertz CT molecular complexity index is 383. The van der Waals surface area contributed by atoms with Crippen LogP contribution < -0.4 is 5.32 Å². The number of nitrogens with zero attached hydrogens (tertiary/aromatic N) is 4. The number of hydrogen-bond donors (Lipinski definition) is 1. The van der Waals surface area contributed by atoms with E-state index in [0.29, 0.717) is 10.7 Å². The number of amides is 1. The molecular weight excluding hydrogens is 210 g/mol. The van der Waals surface area contributed by atoms with Gasteiger partial charge in [-0.05, 0) is 23.1 Å². The summed E-state index contributed by atoms with van der Waals surface area (Å²) in [5.41, 5.74) is 0. The van der Waals surface area contributed by atoms with E-state index >= 15 is 0 Å². The number of carbonyl (C=O) groups excluding carboxylic acids is 1. The Hall–Kier alpha value is -1.41. The minimum absolute atomic E-state index is 0.261. The van der Waals surface area contributed by atoms with Crippen molar-refractivity contribution in [2.24, 2.45) is 0 Å². The number of rotatable bonds is 2. The van der Waals surface area contributed by atoms with Crippen molar-refractivity contribution < 1.29 is 4.79 Å². The Balaban J connectivity index is 2.08. The lowest BCUT2D eigenvalue weighted by Crippen LogP contribution is -2.10. The van der Waals surface area contributed by atoms with Crippen LogP contribution in [0.2, 0.25) is 0 Å². The maximum atomic E-state index is 11.3. The predicted molar refractivity (Wildman–Crippen MR) is 47.8 cm³/mol. The van der Waals surface area contributed by atoms with Crippen LogP contribution in [0.4, 0.5) is 5.82 Å². The fourth-order valence-electron chi connectivity index (χ4n) is 0.664. The van der Waals surface area contributed by atoms with Gasteiger partial charge in [-0.15, -0.1) is 10.2 Å². The molecule has 13 heavy (non-hydrogen) atoms. The highest BCUT2D eigenvalue weighted by atomic mass is 32.1. The van der Waals surface area contributed by atoms with Crippen molar-refractivity contribution in [2.45, 2.75) is 0 Å². The first-order valence-electron chi connectivity index (χ1n) is 3.22. The molecule has 2 aromatic rings. The highest BCUT2D eigenvalue weighted by Gasteiger charge is 2.09. The molecule has 0 aliphatic carbocycles. The van der Waals surface area contributed by atoms with E-state index < -0.39 is 0 Å². The van der Waals surface area contributed by atoms with Gasteiger partial charge >= 0.3 is 0 Å². The van der Waals surface area contributed by atoms with Crippen molar-refractivity contribution in [1.29, 1.82) is 0 Å². The van der Waals surface area contributed by atoms with Gasteiger partial charge in [-0.3, -0.25) is 4.79 Å². The number of anilines is 1. The average Bonchev–Trinajstić information content (AvgIpc) is 2.74. The summed E-state index contributed by atoms with van der Waals surface area (Å²) in [7, 11) is 0. The van der Waals surface area contributed by atoms with Crippen molar-refractivity contribution in [3.05, 3.63) is 16.5 Å². The molecule has 2 heterocycles. The third-order valence-corrected chi connectivity index (χ3v) is 2.35. The Morgan fingerprint density at radius 3 is 3.00 bits per heavy atom. The van der Waals surface area contributed by atoms with E-state index in [-0.39, 0.29) is 5.91 Å². The van der Waals surface area contributed by atoms with Gasteiger partial charge < -0.3 is 5.32 Å². The molecule has 0 aliphatic heterocycles. The number of carbonyl (C=O) groups is 1. The van der Waals surface area contributed by atoms with E-state index in [4.69, 9.17) is 0 Å². The molecule has 2 rings (SSSR count). The first-order valence-corrected chi connectivity index (χ1v) is 4.83. The van der Waals surface area contributed by atoms with E-state index in [1.807, 2.05) is 0 Å². The van der Waals surface area contributed by atoms with Crippen LogP contribution in [0.3, 0.4) is 0 Å². The van der Waals surface area contributed by atoms with Crippen molar-refractivity contribution in [1.82, 2.24) is 19.2 Å². The molecule has 0 fully saturated rings. The predicted octanol–water partition coefficient (Wildman–Crippen LogP) is 0.642. The number of aromatic nitrogens is 4. The lowest BCUT2D eigenvalue weighted by Gasteiger charge is -1.94. The summed E-state index contributed by atoms with van der Waals surface area (Å²) < 4.78 is 7.18. The maximum absolute atomic E-state index is 11.3. The van der Waals surface area contributed by atoms with Gasteiger partial charge in [-0.25, -0.2) is 0 Å². The molecule has 0 saturated heterocycles. The average molecular weight is 213 g/mol. The molecule has 0 atom stereocenters. The van der Waals surface area contributed by atoms with Crippen LogP contribution in [0.1, 0.15) is 9.67 Å². The Morgan fingerprint density at radius 1 is 1.46 bits per heavy atom. The van der Waals surface area contributed by atoms with Gasteiger partial charge in [0.1, 0.15) is 4.88 Å². The Kier molecular flexibility index (Phi) is 2.23. The van der Waals surface area contributed by atoms with Crippen LogP contribution in [-0.4, -0.2) is 25.1 Å². The molecule has 0 unspecified atom stereocenters. The van der Waals surface area contributed by atoms with Crippen molar-refractivity contribution >= 4 is 34.8 Å². The van der Waals surface area contributed by atoms with E-state index in [1.54, 1.807) is 5.38 Å². The normalized spacial score (nSPS) is 9.85. The SMILES string of the molecule is O=C(Nc1csnn1)c1cnns1. The zero-order valence-electron chi connectivity index (χ0n) is 6.17. The Morgan fingerprint density at radius 2 is 2.38 bits per heavy atom. The molecule has 1 N–H and O–H groups in total. The molecule has 0 radical (unpaired) electrons. The monoisotopic (exact) mass is 213 g/mol. The second kappa shape index (κ2) is 3.54. The summed E-state index contributed by atoms with van der Waals surface area (Å²) in [6, 6.07) is 0. The quantitative estimate of drug-likeness (QED) is 0.791. The molecule has 6 nitrogen and oxygen atoms in total. The van der Waals surface area contributed by atoms with Crippen LogP contribution in [0, 0.1) is 0 Å². The third-order valence-electron chi connectivity index (χ3n) is 1.19. The standard InChI is InChI=1S/C5H3N5OS2/c11-5(3-1-6-9-13-3)7-4-2-12-10-8-4/h1-2H,(H,7,11). The Labute approximate surface area is 80.9 Å². The third kappa shape index (κ3) is 1.84. The first kappa shape index (κ1) is 8.20. The van der Waals surface area contributed by atoms with Crippen molar-refractivity contribution in [3.8, 4) is 0 Å². The van der Waals surface area contributed by atoms with Crippen molar-refractivity contribution in [3.63, 3.8) is 0 Å². The largest absolute Gasteiger partial charge is 0.304 e. The maximum Gasteiger partial charge on any atom is 0.270 e. The first-order chi connectivity index (χ1) is 6.36. The molecule has 8 heteroatoms. The molecule has 0 spiro atoms. The summed E-state index contributed by atoms with van der Waals surface area (Å²) in [6.45, 7) is 0. The lowest BCUT2D eigenvalue weighted by molar-refractivity contribution is 0.103. The van der Waals surface area contributed by atoms with E-state index in [0.717, 1.165) is 11.5 Å². The molecule has 0 bridgehead atoms. The smallest absolute Gasteiger partial charge is 0.270 e. The van der Waals surface area contributed by atoms with Gasteiger partial charge in [-0.1, -0.05) is 8.98 Å². The van der Waals surface area contributed by atoms with Gasteiger partial charge in [0.15, 0.2) is 5.82 Å². The van der Waals surface area contributed by atoms with E-state index in [9.17, 15) is 4.79 Å². The van der Waals surface area contributed by atoms with Gasteiger partial charge in [0.05, 0.1) is 11.6 Å². The number of nitrogens with one attached hydrogen (secondary N) is 1. The molecule has 0 saturated carbocycles. The zero-order valence-corrected chi connectivity index (χ0v) is 7.80. The molecule has 66 valence electrons. The topological polar surface area (TPSA) is 80.7 Å². The minimum atomic E-state index is -0.261. The van der Waals surface area contributed by atoms with Gasteiger partial charge in [0.25, 0.3) is 5.91 Å². The molecular formula is C5H3N5OS2. The summed E-state index contributed by atoms with van der Waals surface area (Å²) in [4.78, 5) is 11.8. The highest BCUT2D eigenvalue weighted by Crippen LogP contribution is 2.08. The van der Waals surface area contributed by atoms with E-state index in [2.05, 4.69) is 24.5 Å². The molecule has 0 aliphatic rings. The second-order valence-electron chi connectivity index (χ2n) is 2.03. The molecule has 1 amide bonds.